The van der Waals surface area contributed by atoms with Crippen molar-refractivity contribution in [2.75, 3.05) is 31.1 Å². The predicted octanol–water partition coefficient (Wildman–Crippen LogP) is 3.32. The van der Waals surface area contributed by atoms with Crippen LogP contribution in [0.5, 0.6) is 0 Å². The van der Waals surface area contributed by atoms with Crippen molar-refractivity contribution in [2.24, 2.45) is 4.99 Å². The van der Waals surface area contributed by atoms with Crippen LogP contribution in [-0.4, -0.2) is 47.9 Å². The molecule has 0 amide bonds. The van der Waals surface area contributed by atoms with Gasteiger partial charge in [-0.3, -0.25) is 10.1 Å². The summed E-state index contributed by atoms with van der Waals surface area (Å²) in [6.07, 6.45) is 1.74. The first kappa shape index (κ1) is 19.1. The Bertz CT molecular complexity index is 994. The van der Waals surface area contributed by atoms with Crippen LogP contribution in [0.2, 0.25) is 0 Å². The molecule has 1 saturated heterocycles. The van der Waals surface area contributed by atoms with E-state index < -0.39 is 10.9 Å². The number of piperazine rings is 1. The van der Waals surface area contributed by atoms with Gasteiger partial charge in [-0.1, -0.05) is 15.9 Å². The maximum Gasteiger partial charge on any atom is 0.365 e. The van der Waals surface area contributed by atoms with E-state index >= 15 is 0 Å². The Morgan fingerprint density at radius 1 is 1.03 bits per heavy atom. The third-order valence-corrected chi connectivity index (χ3v) is 5.29. The Kier molecular flexibility index (Phi) is 5.30. The van der Waals surface area contributed by atoms with E-state index in [4.69, 9.17) is 4.74 Å². The van der Waals surface area contributed by atoms with Crippen LogP contribution >= 0.6 is 15.9 Å². The van der Waals surface area contributed by atoms with Crippen molar-refractivity contribution < 1.29 is 14.5 Å². The zero-order valence-electron chi connectivity index (χ0n) is 15.3. The van der Waals surface area contributed by atoms with E-state index in [1.807, 2.05) is 29.2 Å². The Balaban J connectivity index is 1.40. The number of carbonyl (C=O) groups is 1. The second kappa shape index (κ2) is 8.04. The standard InChI is InChI=1S/C20H17BrN4O4/c21-15-3-1-14(2-4-15)19-22-18(20(26)29-19)13-23-9-11-24(12-10-23)16-5-7-17(8-6-16)25(27)28/h1-8,13H,9-12H2. The van der Waals surface area contributed by atoms with Gasteiger partial charge >= 0.3 is 5.97 Å². The van der Waals surface area contributed by atoms with Crippen molar-refractivity contribution in [3.05, 3.63) is 80.6 Å². The van der Waals surface area contributed by atoms with Crippen LogP contribution in [0.15, 0.2) is 69.9 Å². The van der Waals surface area contributed by atoms with Crippen LogP contribution in [0.25, 0.3) is 0 Å². The molecule has 0 spiro atoms. The van der Waals surface area contributed by atoms with Gasteiger partial charge in [-0.05, 0) is 36.4 Å². The summed E-state index contributed by atoms with van der Waals surface area (Å²) < 4.78 is 6.24. The van der Waals surface area contributed by atoms with Crippen LogP contribution in [0.3, 0.4) is 0 Å². The first-order chi connectivity index (χ1) is 14.0. The Hall–Kier alpha value is -3.20. The van der Waals surface area contributed by atoms with Gasteiger partial charge in [0.1, 0.15) is 0 Å². The van der Waals surface area contributed by atoms with Gasteiger partial charge in [-0.15, -0.1) is 0 Å². The molecule has 8 nitrogen and oxygen atoms in total. The SMILES string of the molecule is O=C1OC(c2ccc(Br)cc2)=NC1=CN1CCN(c2ccc([N+](=O)[O-])cc2)CC1. The first-order valence-electron chi connectivity index (χ1n) is 9.02. The minimum atomic E-state index is -0.458. The summed E-state index contributed by atoms with van der Waals surface area (Å²) in [4.78, 5) is 31.1. The number of carbonyl (C=O) groups excluding carboxylic acids is 1. The second-order valence-electron chi connectivity index (χ2n) is 6.62. The summed E-state index contributed by atoms with van der Waals surface area (Å²) in [5.41, 5.74) is 2.05. The smallest absolute Gasteiger partial charge is 0.365 e. The van der Waals surface area contributed by atoms with Gasteiger partial charge in [0.05, 0.1) is 4.92 Å². The molecule has 4 rings (SSSR count). The van der Waals surface area contributed by atoms with Gasteiger partial charge in [0, 0.05) is 60.2 Å². The van der Waals surface area contributed by atoms with Gasteiger partial charge < -0.3 is 14.5 Å². The first-order valence-corrected chi connectivity index (χ1v) is 9.81. The van der Waals surface area contributed by atoms with Crippen molar-refractivity contribution in [3.8, 4) is 0 Å². The number of aliphatic imine (C=N–C) groups is 1. The molecule has 0 atom stereocenters. The lowest BCUT2D eigenvalue weighted by molar-refractivity contribution is -0.384. The molecular weight excluding hydrogens is 440 g/mol. The Morgan fingerprint density at radius 3 is 2.31 bits per heavy atom. The molecule has 0 N–H and O–H groups in total. The number of hydrogen-bond acceptors (Lipinski definition) is 7. The number of anilines is 1. The molecule has 2 aliphatic heterocycles. The maximum absolute atomic E-state index is 12.2. The van der Waals surface area contributed by atoms with Crippen molar-refractivity contribution in [2.45, 2.75) is 0 Å². The van der Waals surface area contributed by atoms with E-state index in [1.54, 1.807) is 18.3 Å². The summed E-state index contributed by atoms with van der Waals surface area (Å²) >= 11 is 3.38. The summed E-state index contributed by atoms with van der Waals surface area (Å²) in [5.74, 6) is -0.154. The molecule has 0 aliphatic carbocycles. The van der Waals surface area contributed by atoms with Crippen molar-refractivity contribution >= 4 is 39.2 Å². The number of nitrogens with zero attached hydrogens (tertiary/aromatic N) is 4. The second-order valence-corrected chi connectivity index (χ2v) is 7.54. The zero-order chi connectivity index (χ0) is 20.4. The number of esters is 1. The molecule has 29 heavy (non-hydrogen) atoms. The van der Waals surface area contributed by atoms with E-state index in [9.17, 15) is 14.9 Å². The minimum Gasteiger partial charge on any atom is -0.402 e. The average molecular weight is 457 g/mol. The quantitative estimate of drug-likeness (QED) is 0.303. The van der Waals surface area contributed by atoms with Gasteiger partial charge in [0.25, 0.3) is 5.69 Å². The molecule has 0 saturated carbocycles. The number of non-ortho nitro benzene ring substituents is 1. The van der Waals surface area contributed by atoms with Crippen LogP contribution in [0, 0.1) is 10.1 Å². The van der Waals surface area contributed by atoms with Crippen molar-refractivity contribution in [1.29, 1.82) is 0 Å². The monoisotopic (exact) mass is 456 g/mol. The van der Waals surface area contributed by atoms with Crippen LogP contribution in [-0.2, 0) is 9.53 Å². The van der Waals surface area contributed by atoms with E-state index in [0.717, 1.165) is 28.8 Å². The highest BCUT2D eigenvalue weighted by atomic mass is 79.9. The lowest BCUT2D eigenvalue weighted by Crippen LogP contribution is -2.44. The number of hydrogen-bond donors (Lipinski definition) is 0. The fourth-order valence-electron chi connectivity index (χ4n) is 3.18. The number of cyclic esters (lactones) is 1. The molecule has 0 unspecified atom stereocenters. The molecular formula is C20H17BrN4O4. The van der Waals surface area contributed by atoms with E-state index in [-0.39, 0.29) is 11.4 Å². The highest BCUT2D eigenvalue weighted by Crippen LogP contribution is 2.22. The number of halogens is 1. The molecule has 0 bridgehead atoms. The van der Waals surface area contributed by atoms with E-state index in [0.29, 0.717) is 19.0 Å². The van der Waals surface area contributed by atoms with Crippen LogP contribution in [0.1, 0.15) is 5.56 Å². The summed E-state index contributed by atoms with van der Waals surface area (Å²) in [6, 6.07) is 13.9. The van der Waals surface area contributed by atoms with Gasteiger partial charge in [0.15, 0.2) is 5.70 Å². The van der Waals surface area contributed by atoms with E-state index in [1.165, 1.54) is 12.1 Å². The summed E-state index contributed by atoms with van der Waals surface area (Å²) in [5, 5.41) is 10.8. The maximum atomic E-state index is 12.2. The van der Waals surface area contributed by atoms with E-state index in [2.05, 4.69) is 25.8 Å². The Labute approximate surface area is 175 Å². The van der Waals surface area contributed by atoms with Gasteiger partial charge in [-0.25, -0.2) is 9.79 Å². The lowest BCUT2D eigenvalue weighted by atomic mass is 10.2. The van der Waals surface area contributed by atoms with Crippen molar-refractivity contribution in [3.63, 3.8) is 0 Å². The molecule has 2 heterocycles. The Morgan fingerprint density at radius 2 is 1.69 bits per heavy atom. The highest BCUT2D eigenvalue weighted by Gasteiger charge is 2.26. The van der Waals surface area contributed by atoms with Crippen molar-refractivity contribution in [1.82, 2.24) is 4.90 Å². The molecule has 148 valence electrons. The molecule has 1 fully saturated rings. The number of nitro benzene ring substituents is 1. The number of rotatable bonds is 4. The van der Waals surface area contributed by atoms with Gasteiger partial charge in [0.2, 0.25) is 5.90 Å². The largest absolute Gasteiger partial charge is 0.402 e. The normalized spacial score (nSPS) is 18.0. The zero-order valence-corrected chi connectivity index (χ0v) is 16.9. The third-order valence-electron chi connectivity index (χ3n) is 4.76. The highest BCUT2D eigenvalue weighted by molar-refractivity contribution is 9.10. The van der Waals surface area contributed by atoms with Crippen LogP contribution in [0.4, 0.5) is 11.4 Å². The fraction of sp³-hybridized carbons (Fsp3) is 0.200. The van der Waals surface area contributed by atoms with Gasteiger partial charge in [-0.2, -0.15) is 0 Å². The molecule has 0 aromatic heterocycles. The lowest BCUT2D eigenvalue weighted by Gasteiger charge is -2.35. The summed E-state index contributed by atoms with van der Waals surface area (Å²) in [6.45, 7) is 2.88. The van der Waals surface area contributed by atoms with Crippen LogP contribution < -0.4 is 4.90 Å². The fourth-order valence-corrected chi connectivity index (χ4v) is 3.45. The number of nitro groups is 1. The number of benzene rings is 2. The number of ether oxygens (including phenoxy) is 1. The third kappa shape index (κ3) is 4.29. The molecule has 0 radical (unpaired) electrons. The molecule has 2 aromatic rings. The molecule has 2 aromatic carbocycles. The molecule has 9 heteroatoms. The average Bonchev–Trinajstić information content (AvgIpc) is 3.09. The minimum absolute atomic E-state index is 0.0799. The summed E-state index contributed by atoms with van der Waals surface area (Å²) in [7, 11) is 0. The predicted molar refractivity (Wildman–Crippen MR) is 112 cm³/mol. The molecule has 2 aliphatic rings. The topological polar surface area (TPSA) is 88.3 Å².